The first-order valence-corrected chi connectivity index (χ1v) is 11.8. The van der Waals surface area contributed by atoms with Gasteiger partial charge in [-0.15, -0.1) is 0 Å². The molecule has 3 N–H and O–H groups in total. The molecule has 34 heavy (non-hydrogen) atoms. The molecule has 1 unspecified atom stereocenters. The summed E-state index contributed by atoms with van der Waals surface area (Å²) in [6.07, 6.45) is 0.472. The van der Waals surface area contributed by atoms with Gasteiger partial charge >= 0.3 is 11.9 Å². The zero-order valence-electron chi connectivity index (χ0n) is 19.8. The SMILES string of the molecule is CCOC(=O)C1=C(CSCC)NC(C)=C(C(=O)OC)C1c1cccc([N+](=O)[O-])c1.N#CCCN. The van der Waals surface area contributed by atoms with E-state index in [9.17, 15) is 19.7 Å². The Morgan fingerprint density at radius 3 is 2.50 bits per heavy atom. The number of carbonyl (C=O) groups is 2. The second kappa shape index (κ2) is 14.7. The average Bonchev–Trinajstić information content (AvgIpc) is 2.82. The molecule has 1 heterocycles. The number of nitro groups is 1. The fourth-order valence-corrected chi connectivity index (χ4v) is 3.90. The minimum atomic E-state index is -0.838. The Kier molecular flexibility index (Phi) is 12.4. The Morgan fingerprint density at radius 1 is 1.29 bits per heavy atom. The van der Waals surface area contributed by atoms with Crippen LogP contribution in [0.2, 0.25) is 0 Å². The van der Waals surface area contributed by atoms with E-state index in [1.807, 2.05) is 13.0 Å². The summed E-state index contributed by atoms with van der Waals surface area (Å²) in [6, 6.07) is 7.81. The number of dihydropyridines is 1. The Hall–Kier alpha value is -3.36. The van der Waals surface area contributed by atoms with Crippen molar-refractivity contribution in [2.24, 2.45) is 5.73 Å². The third-order valence-corrected chi connectivity index (χ3v) is 5.57. The number of benzene rings is 1. The number of nitrogens with zero attached hydrogens (tertiary/aromatic N) is 2. The predicted octanol–water partition coefficient (Wildman–Crippen LogP) is 3.16. The number of hydrogen-bond acceptors (Lipinski definition) is 10. The molecule has 0 radical (unpaired) electrons. The molecule has 1 aliphatic heterocycles. The molecular weight excluding hydrogens is 460 g/mol. The van der Waals surface area contributed by atoms with Gasteiger partial charge in [0.05, 0.1) is 41.8 Å². The second-order valence-electron chi connectivity index (χ2n) is 6.89. The summed E-state index contributed by atoms with van der Waals surface area (Å²) in [5.41, 5.74) is 6.88. The van der Waals surface area contributed by atoms with E-state index in [0.717, 1.165) is 5.75 Å². The zero-order valence-corrected chi connectivity index (χ0v) is 20.6. The summed E-state index contributed by atoms with van der Waals surface area (Å²) < 4.78 is 10.2. The lowest BCUT2D eigenvalue weighted by Gasteiger charge is -2.31. The van der Waals surface area contributed by atoms with Crippen LogP contribution < -0.4 is 11.1 Å². The fraction of sp³-hybridized carbons (Fsp3) is 0.435. The van der Waals surface area contributed by atoms with Gasteiger partial charge < -0.3 is 20.5 Å². The minimum Gasteiger partial charge on any atom is -0.466 e. The summed E-state index contributed by atoms with van der Waals surface area (Å²) in [5.74, 6) is -0.695. The van der Waals surface area contributed by atoms with E-state index < -0.39 is 22.8 Å². The van der Waals surface area contributed by atoms with Gasteiger partial charge in [-0.3, -0.25) is 10.1 Å². The highest BCUT2D eigenvalue weighted by Gasteiger charge is 2.39. The van der Waals surface area contributed by atoms with Gasteiger partial charge in [-0.25, -0.2) is 9.59 Å². The number of ether oxygens (including phenoxy) is 2. The number of carbonyl (C=O) groups excluding carboxylic acids is 2. The monoisotopic (exact) mass is 490 g/mol. The molecule has 1 aromatic carbocycles. The van der Waals surface area contributed by atoms with Crippen molar-refractivity contribution in [2.45, 2.75) is 33.1 Å². The number of allylic oxidation sites excluding steroid dienone is 1. The van der Waals surface area contributed by atoms with Crippen molar-refractivity contribution in [1.29, 1.82) is 5.26 Å². The molecule has 0 aromatic heterocycles. The van der Waals surface area contributed by atoms with Crippen LogP contribution >= 0.6 is 11.8 Å². The van der Waals surface area contributed by atoms with E-state index in [4.69, 9.17) is 20.5 Å². The van der Waals surface area contributed by atoms with Crippen molar-refractivity contribution >= 4 is 29.4 Å². The van der Waals surface area contributed by atoms with E-state index in [1.165, 1.54) is 25.3 Å². The number of methoxy groups -OCH3 is 1. The second-order valence-corrected chi connectivity index (χ2v) is 8.16. The van der Waals surface area contributed by atoms with E-state index in [-0.39, 0.29) is 23.4 Å². The molecule has 0 bridgehead atoms. The molecular formula is C23H30N4O6S. The zero-order chi connectivity index (χ0) is 25.7. The van der Waals surface area contributed by atoms with Crippen LogP contribution in [0.5, 0.6) is 0 Å². The summed E-state index contributed by atoms with van der Waals surface area (Å²) in [4.78, 5) is 36.3. The number of rotatable bonds is 9. The molecule has 1 atom stereocenters. The Bertz CT molecular complexity index is 999. The lowest BCUT2D eigenvalue weighted by Crippen LogP contribution is -2.34. The van der Waals surface area contributed by atoms with Crippen molar-refractivity contribution in [3.8, 4) is 6.07 Å². The third kappa shape index (κ3) is 7.60. The molecule has 184 valence electrons. The van der Waals surface area contributed by atoms with Crippen molar-refractivity contribution in [3.63, 3.8) is 0 Å². The van der Waals surface area contributed by atoms with E-state index in [2.05, 4.69) is 5.32 Å². The summed E-state index contributed by atoms with van der Waals surface area (Å²) in [6.45, 7) is 6.05. The molecule has 2 rings (SSSR count). The number of non-ortho nitro benzene ring substituents is 1. The number of thioether (sulfide) groups is 1. The number of nitriles is 1. The van der Waals surface area contributed by atoms with Crippen LogP contribution in [0.1, 0.15) is 38.7 Å². The van der Waals surface area contributed by atoms with Gasteiger partial charge in [0.2, 0.25) is 0 Å². The highest BCUT2D eigenvalue weighted by atomic mass is 32.2. The quantitative estimate of drug-likeness (QED) is 0.299. The van der Waals surface area contributed by atoms with Crippen LogP contribution in [-0.4, -0.2) is 48.6 Å². The summed E-state index contributed by atoms with van der Waals surface area (Å²) >= 11 is 1.60. The van der Waals surface area contributed by atoms with Crippen molar-refractivity contribution in [1.82, 2.24) is 5.32 Å². The van der Waals surface area contributed by atoms with Crippen LogP contribution in [-0.2, 0) is 19.1 Å². The Morgan fingerprint density at radius 2 is 2.00 bits per heavy atom. The lowest BCUT2D eigenvalue weighted by molar-refractivity contribution is -0.384. The standard InChI is InChI=1S/C20H24N2O6S.C3H6N2/c1-5-28-20(24)18-15(11-29-6-2)21-12(3)16(19(23)27-4)17(18)13-8-7-9-14(10-13)22(25)26;4-2-1-3-5/h7-10,17,21H,5-6,11H2,1-4H3;1-2,4H2. The van der Waals surface area contributed by atoms with Crippen LogP contribution in [0.3, 0.4) is 0 Å². The molecule has 0 amide bonds. The molecule has 1 aliphatic rings. The van der Waals surface area contributed by atoms with Gasteiger partial charge in [0.15, 0.2) is 0 Å². The van der Waals surface area contributed by atoms with Crippen LogP contribution in [0.4, 0.5) is 5.69 Å². The average molecular weight is 491 g/mol. The van der Waals surface area contributed by atoms with Crippen LogP contribution in [0.15, 0.2) is 46.8 Å². The highest BCUT2D eigenvalue weighted by Crippen LogP contribution is 2.40. The normalized spacial score (nSPS) is 14.9. The largest absolute Gasteiger partial charge is 0.466 e. The van der Waals surface area contributed by atoms with Crippen molar-refractivity contribution in [3.05, 3.63) is 62.5 Å². The van der Waals surface area contributed by atoms with Gasteiger partial charge in [-0.1, -0.05) is 19.1 Å². The summed E-state index contributed by atoms with van der Waals surface area (Å²) in [7, 11) is 1.25. The number of nitro benzene ring substituents is 1. The predicted molar refractivity (Wildman–Crippen MR) is 130 cm³/mol. The topological polar surface area (TPSA) is 158 Å². The number of nitrogens with one attached hydrogen (secondary N) is 1. The molecule has 0 saturated heterocycles. The first kappa shape index (κ1) is 28.7. The smallest absolute Gasteiger partial charge is 0.336 e. The van der Waals surface area contributed by atoms with Gasteiger partial charge in [-0.2, -0.15) is 17.0 Å². The lowest BCUT2D eigenvalue weighted by atomic mass is 9.80. The maximum Gasteiger partial charge on any atom is 0.336 e. The molecule has 0 fully saturated rings. The molecule has 1 aromatic rings. The molecule has 0 aliphatic carbocycles. The van der Waals surface area contributed by atoms with E-state index >= 15 is 0 Å². The van der Waals surface area contributed by atoms with E-state index in [1.54, 1.807) is 31.7 Å². The van der Waals surface area contributed by atoms with Gasteiger partial charge in [0.1, 0.15) is 0 Å². The fourth-order valence-electron chi connectivity index (χ4n) is 3.26. The van der Waals surface area contributed by atoms with E-state index in [0.29, 0.717) is 35.7 Å². The van der Waals surface area contributed by atoms with Gasteiger partial charge in [-0.05, 0) is 25.2 Å². The number of nitrogens with two attached hydrogens (primary N) is 1. The summed E-state index contributed by atoms with van der Waals surface area (Å²) in [5, 5.41) is 22.2. The van der Waals surface area contributed by atoms with Crippen LogP contribution in [0.25, 0.3) is 0 Å². The Labute approximate surface area is 203 Å². The van der Waals surface area contributed by atoms with Crippen molar-refractivity contribution < 1.29 is 24.0 Å². The van der Waals surface area contributed by atoms with Gasteiger partial charge in [0, 0.05) is 42.2 Å². The Balaban J connectivity index is 0.00000104. The first-order valence-electron chi connectivity index (χ1n) is 10.6. The number of esters is 2. The molecule has 11 heteroatoms. The molecule has 10 nitrogen and oxygen atoms in total. The maximum absolute atomic E-state index is 12.9. The first-order chi connectivity index (χ1) is 16.3. The molecule has 0 spiro atoms. The molecule has 0 saturated carbocycles. The highest BCUT2D eigenvalue weighted by molar-refractivity contribution is 7.99. The van der Waals surface area contributed by atoms with Crippen LogP contribution in [0, 0.1) is 21.4 Å². The minimum absolute atomic E-state index is 0.129. The van der Waals surface area contributed by atoms with Gasteiger partial charge in [0.25, 0.3) is 5.69 Å². The number of hydrogen-bond donors (Lipinski definition) is 2. The maximum atomic E-state index is 12.9. The third-order valence-electron chi connectivity index (χ3n) is 4.67. The van der Waals surface area contributed by atoms with Crippen molar-refractivity contribution in [2.75, 3.05) is 31.8 Å².